The molecule has 0 aliphatic rings. The Kier molecular flexibility index (Phi) is 16.6. The van der Waals surface area contributed by atoms with Crippen LogP contribution in [0.25, 0.3) is 0 Å². The summed E-state index contributed by atoms with van der Waals surface area (Å²) in [5, 5.41) is 39.0. The maximum absolute atomic E-state index is 12.8. The molecule has 1 aromatic carbocycles. The van der Waals surface area contributed by atoms with Gasteiger partial charge in [-0.1, -0.05) is 30.1 Å². The van der Waals surface area contributed by atoms with Gasteiger partial charge in [0.1, 0.15) is 36.5 Å². The summed E-state index contributed by atoms with van der Waals surface area (Å²) in [7, 11) is 0. The largest absolute Gasteiger partial charge is 1.00 e. The van der Waals surface area contributed by atoms with Crippen molar-refractivity contribution in [1.29, 1.82) is 0 Å². The number of aliphatic hydroxyl groups is 3. The number of hydrogen-bond donors (Lipinski definition) is 3. The summed E-state index contributed by atoms with van der Waals surface area (Å²) in [4.78, 5) is 10.2. The Morgan fingerprint density at radius 1 is 1.07 bits per heavy atom. The molecule has 0 spiro atoms. The van der Waals surface area contributed by atoms with E-state index in [9.17, 15) is 29.6 Å². The van der Waals surface area contributed by atoms with Gasteiger partial charge in [0.25, 0.3) is 0 Å². The van der Waals surface area contributed by atoms with E-state index in [1.54, 1.807) is 0 Å². The second kappa shape index (κ2) is 17.4. The number of aliphatic carboxylic acids is 1. The molecule has 0 aromatic heterocycles. The topological polar surface area (TPSA) is 119 Å². The van der Waals surface area contributed by atoms with Crippen LogP contribution in [-0.4, -0.2) is 59.4 Å². The molecule has 156 valence electrons. The summed E-state index contributed by atoms with van der Waals surface area (Å²) in [6, 6.07) is 5.43. The van der Waals surface area contributed by atoms with Crippen LogP contribution in [0.1, 0.15) is 0 Å². The molecule has 0 saturated carbocycles. The minimum atomic E-state index is -1.41. The van der Waals surface area contributed by atoms with Crippen LogP contribution in [0, 0.1) is 17.7 Å². The molecule has 3 N–H and O–H groups in total. The molecule has 0 bridgehead atoms. The third kappa shape index (κ3) is 14.6. The van der Waals surface area contributed by atoms with Crippen molar-refractivity contribution in [2.75, 3.05) is 19.8 Å². The van der Waals surface area contributed by atoms with Crippen LogP contribution in [0.5, 0.6) is 5.75 Å². The molecular formula is C21H22FKO7. The van der Waals surface area contributed by atoms with Crippen molar-refractivity contribution >= 4 is 5.97 Å². The number of rotatable bonds is 11. The van der Waals surface area contributed by atoms with Gasteiger partial charge in [-0.25, -0.2) is 4.39 Å². The van der Waals surface area contributed by atoms with E-state index in [1.807, 2.05) is 0 Å². The van der Waals surface area contributed by atoms with E-state index < -0.39 is 30.9 Å². The maximum atomic E-state index is 12.8. The number of halogens is 1. The SMILES string of the molecule is O=C([O-])COC[C@@H](O)[C@H](O)C=CC=CC#CC=C[C@H](O)COc1ccc(F)cc1.[K+]. The summed E-state index contributed by atoms with van der Waals surface area (Å²) >= 11 is 0. The number of carboxylic acids is 1. The van der Waals surface area contributed by atoms with Crippen molar-refractivity contribution in [2.45, 2.75) is 18.3 Å². The fraction of sp³-hybridized carbons (Fsp3) is 0.286. The zero-order valence-corrected chi connectivity index (χ0v) is 19.6. The first-order valence-electron chi connectivity index (χ1n) is 8.59. The molecule has 7 nitrogen and oxygen atoms in total. The first-order valence-corrected chi connectivity index (χ1v) is 8.59. The molecule has 0 heterocycles. The fourth-order valence-electron chi connectivity index (χ4n) is 1.79. The molecular weight excluding hydrogens is 422 g/mol. The van der Waals surface area contributed by atoms with Crippen molar-refractivity contribution in [3.05, 3.63) is 66.5 Å². The van der Waals surface area contributed by atoms with Crippen LogP contribution < -0.4 is 61.2 Å². The quantitative estimate of drug-likeness (QED) is 0.186. The van der Waals surface area contributed by atoms with Crippen molar-refractivity contribution in [3.8, 4) is 17.6 Å². The summed E-state index contributed by atoms with van der Waals surface area (Å²) in [6.07, 6.45) is 5.24. The third-order valence-electron chi connectivity index (χ3n) is 3.22. The van der Waals surface area contributed by atoms with Crippen molar-refractivity contribution in [1.82, 2.24) is 0 Å². The van der Waals surface area contributed by atoms with Gasteiger partial charge < -0.3 is 34.7 Å². The first kappa shape index (κ1) is 28.7. The van der Waals surface area contributed by atoms with Crippen LogP contribution in [0.15, 0.2) is 60.7 Å². The summed E-state index contributed by atoms with van der Waals surface area (Å²) in [5.41, 5.74) is 0. The number of hydrogen-bond acceptors (Lipinski definition) is 7. The van der Waals surface area contributed by atoms with E-state index in [1.165, 1.54) is 60.7 Å². The molecule has 3 atom stereocenters. The molecule has 0 aliphatic heterocycles. The zero-order chi connectivity index (χ0) is 21.5. The number of allylic oxidation sites excluding steroid dienone is 4. The van der Waals surface area contributed by atoms with Crippen LogP contribution in [0.4, 0.5) is 4.39 Å². The molecule has 9 heteroatoms. The van der Waals surface area contributed by atoms with Crippen molar-refractivity contribution in [3.63, 3.8) is 0 Å². The van der Waals surface area contributed by atoms with Gasteiger partial charge in [0.05, 0.1) is 19.2 Å². The second-order valence-electron chi connectivity index (χ2n) is 5.67. The Labute approximate surface area is 216 Å². The molecule has 0 amide bonds. The monoisotopic (exact) mass is 444 g/mol. The van der Waals surface area contributed by atoms with Gasteiger partial charge in [-0.05, 0) is 42.5 Å². The normalized spacial score (nSPS) is 14.1. The molecule has 0 unspecified atom stereocenters. The Morgan fingerprint density at radius 2 is 1.73 bits per heavy atom. The first-order chi connectivity index (χ1) is 13.9. The minimum absolute atomic E-state index is 0. The van der Waals surface area contributed by atoms with Gasteiger partial charge in [-0.2, -0.15) is 0 Å². The van der Waals surface area contributed by atoms with E-state index in [4.69, 9.17) is 4.74 Å². The average molecular weight is 444 g/mol. The summed E-state index contributed by atoms with van der Waals surface area (Å²) < 4.78 is 22.7. The average Bonchev–Trinajstić information content (AvgIpc) is 2.69. The van der Waals surface area contributed by atoms with E-state index in [0.29, 0.717) is 5.75 Å². The van der Waals surface area contributed by atoms with E-state index in [-0.39, 0.29) is 70.4 Å². The number of carbonyl (C=O) groups excluding carboxylic acids is 1. The maximum Gasteiger partial charge on any atom is 1.00 e. The van der Waals surface area contributed by atoms with Gasteiger partial charge in [0.15, 0.2) is 0 Å². The Balaban J connectivity index is 0.00000841. The van der Waals surface area contributed by atoms with Crippen molar-refractivity contribution in [2.24, 2.45) is 0 Å². The van der Waals surface area contributed by atoms with Gasteiger partial charge >= 0.3 is 51.4 Å². The molecule has 0 aliphatic carbocycles. The predicted molar refractivity (Wildman–Crippen MR) is 101 cm³/mol. The number of ether oxygens (including phenoxy) is 2. The smallest absolute Gasteiger partial charge is 0.548 e. The van der Waals surface area contributed by atoms with Gasteiger partial charge in [-0.15, -0.1) is 0 Å². The summed E-state index contributed by atoms with van der Waals surface area (Å²) in [5.74, 6) is 3.99. The van der Waals surface area contributed by atoms with Crippen molar-refractivity contribution < 1.29 is 90.5 Å². The van der Waals surface area contributed by atoms with Crippen LogP contribution in [-0.2, 0) is 9.53 Å². The second-order valence-corrected chi connectivity index (χ2v) is 5.67. The van der Waals surface area contributed by atoms with Crippen LogP contribution in [0.2, 0.25) is 0 Å². The third-order valence-corrected chi connectivity index (χ3v) is 3.22. The van der Waals surface area contributed by atoms with Gasteiger partial charge in [0.2, 0.25) is 0 Å². The molecule has 1 aromatic rings. The number of aliphatic hydroxyl groups excluding tert-OH is 3. The molecule has 30 heavy (non-hydrogen) atoms. The van der Waals surface area contributed by atoms with Gasteiger partial charge in [-0.3, -0.25) is 0 Å². The molecule has 0 fully saturated rings. The Morgan fingerprint density at radius 3 is 2.40 bits per heavy atom. The fourth-order valence-corrected chi connectivity index (χ4v) is 1.79. The van der Waals surface area contributed by atoms with E-state index >= 15 is 0 Å². The number of carboxylic acid groups (broad SMARTS) is 1. The molecule has 1 rings (SSSR count). The van der Waals surface area contributed by atoms with E-state index in [2.05, 4.69) is 16.6 Å². The van der Waals surface area contributed by atoms with Crippen LogP contribution >= 0.6 is 0 Å². The van der Waals surface area contributed by atoms with E-state index in [0.717, 1.165) is 0 Å². The number of benzene rings is 1. The standard InChI is InChI=1S/C21H23FO7.K/c22-16-9-11-18(12-10-16)29-13-17(23)7-5-3-1-2-4-6-8-19(24)20(25)14-28-15-21(26)27;/h2,4-12,17,19-20,23-25H,13-15H2,(H,26,27);/q;+1/p-1/t17-,19+,20+;/m0./s1. The minimum Gasteiger partial charge on any atom is -0.548 e. The molecule has 0 saturated heterocycles. The Bertz CT molecular complexity index is 766. The predicted octanol–water partition coefficient (Wildman–Crippen LogP) is -3.27. The summed E-state index contributed by atoms with van der Waals surface area (Å²) in [6.45, 7) is -1.01. The molecule has 0 radical (unpaired) electrons. The van der Waals surface area contributed by atoms with Gasteiger partial charge in [0, 0.05) is 0 Å². The zero-order valence-electron chi connectivity index (χ0n) is 16.5. The number of carbonyl (C=O) groups is 1. The Hall–Kier alpha value is -1.32. The van der Waals surface area contributed by atoms with Crippen LogP contribution in [0.3, 0.4) is 0 Å².